The zero-order chi connectivity index (χ0) is 28.1. The number of aromatic nitrogens is 1. The summed E-state index contributed by atoms with van der Waals surface area (Å²) < 4.78 is 27.0. The third-order valence-corrected chi connectivity index (χ3v) is 6.42. The lowest BCUT2D eigenvalue weighted by atomic mass is 9.99. The second-order valence-corrected chi connectivity index (χ2v) is 9.53. The Bertz CT molecular complexity index is 1260. The van der Waals surface area contributed by atoms with Crippen molar-refractivity contribution in [2.24, 2.45) is 0 Å². The third kappa shape index (κ3) is 6.98. The first-order valence-electron chi connectivity index (χ1n) is 11.5. The number of carbonyl (C=O) groups is 5. The Morgan fingerprint density at radius 2 is 1.47 bits per heavy atom. The van der Waals surface area contributed by atoms with E-state index in [0.29, 0.717) is 22.7 Å². The summed E-state index contributed by atoms with van der Waals surface area (Å²) in [5.74, 6) is -3.31. The number of nitrogens with zero attached hydrogens (tertiary/aromatic N) is 1. The number of pyridine rings is 1. The fourth-order valence-electron chi connectivity index (χ4n) is 3.91. The lowest BCUT2D eigenvalue weighted by Crippen LogP contribution is -2.61. The van der Waals surface area contributed by atoms with Crippen molar-refractivity contribution in [3.63, 3.8) is 0 Å². The number of thioether (sulfide) groups is 1. The van der Waals surface area contributed by atoms with Crippen molar-refractivity contribution in [1.82, 2.24) is 4.98 Å². The van der Waals surface area contributed by atoms with Gasteiger partial charge in [-0.2, -0.15) is 0 Å². The fraction of sp³-hybridized carbons (Fsp3) is 0.440. The van der Waals surface area contributed by atoms with Crippen LogP contribution in [-0.4, -0.2) is 75.5 Å². The molecule has 1 aliphatic heterocycles. The van der Waals surface area contributed by atoms with Gasteiger partial charge in [0.15, 0.2) is 23.7 Å². The van der Waals surface area contributed by atoms with Crippen LogP contribution < -0.4 is 0 Å². The molecule has 5 atom stereocenters. The highest BCUT2D eigenvalue weighted by molar-refractivity contribution is 8.14. The number of ether oxygens (including phenoxy) is 5. The maximum atomic E-state index is 13.3. The van der Waals surface area contributed by atoms with E-state index in [1.54, 1.807) is 25.1 Å². The lowest BCUT2D eigenvalue weighted by Gasteiger charge is -2.43. The largest absolute Gasteiger partial charge is 0.506 e. The molecule has 1 N–H and O–H groups in total. The Hall–Kier alpha value is -3.71. The molecule has 1 aromatic heterocycles. The molecule has 0 spiro atoms. The Balaban J connectivity index is 2.00. The number of carbonyl (C=O) groups excluding carboxylic acids is 5. The molecule has 38 heavy (non-hydrogen) atoms. The normalized spacial score (nSPS) is 22.8. The van der Waals surface area contributed by atoms with Crippen LogP contribution in [0.5, 0.6) is 5.75 Å². The van der Waals surface area contributed by atoms with Gasteiger partial charge in [0.05, 0.1) is 11.1 Å². The molecule has 0 saturated carbocycles. The summed E-state index contributed by atoms with van der Waals surface area (Å²) in [4.78, 5) is 64.9. The molecular weight excluding hydrogens is 522 g/mol. The number of hydrogen-bond donors (Lipinski definition) is 1. The number of benzene rings is 1. The first-order chi connectivity index (χ1) is 17.9. The van der Waals surface area contributed by atoms with Gasteiger partial charge in [0.1, 0.15) is 18.5 Å². The molecular formula is C25H27NO11S. The predicted molar refractivity (Wildman–Crippen MR) is 132 cm³/mol. The molecule has 0 radical (unpaired) electrons. The molecule has 0 amide bonds. The molecule has 1 saturated heterocycles. The quantitative estimate of drug-likeness (QED) is 0.395. The van der Waals surface area contributed by atoms with E-state index < -0.39 is 65.5 Å². The van der Waals surface area contributed by atoms with E-state index in [1.165, 1.54) is 6.07 Å². The minimum Gasteiger partial charge on any atom is -0.506 e. The highest BCUT2D eigenvalue weighted by Gasteiger charge is 2.53. The maximum absolute atomic E-state index is 13.3. The summed E-state index contributed by atoms with van der Waals surface area (Å²) in [5.41, 5.74) is -0.172. The van der Waals surface area contributed by atoms with Crippen LogP contribution in [0.15, 0.2) is 24.3 Å². The first kappa shape index (κ1) is 28.9. The van der Waals surface area contributed by atoms with E-state index >= 15 is 0 Å². The Morgan fingerprint density at radius 1 is 0.868 bits per heavy atom. The lowest BCUT2D eigenvalue weighted by molar-refractivity contribution is -0.237. The van der Waals surface area contributed by atoms with Crippen LogP contribution in [-0.2, 0) is 42.9 Å². The number of phenols is 1. The molecule has 1 fully saturated rings. The van der Waals surface area contributed by atoms with Gasteiger partial charge >= 0.3 is 23.9 Å². The third-order valence-electron chi connectivity index (χ3n) is 5.37. The zero-order valence-corrected chi connectivity index (χ0v) is 22.1. The topological polar surface area (TPSA) is 165 Å². The standard InChI is InChI=1S/C25H27NO11S/c1-11-6-7-16-18(26-11)9-8-17(20(16)31)24(32)38-25-23(36-15(5)30)22(35-14(4)29)21(34-13(3)28)19(37-25)10-33-12(2)27/h6-9,19,21-23,25,31H,10H2,1-5H3/t19-,21-,22+,23-,25+/m1/s1. The van der Waals surface area contributed by atoms with Crippen LogP contribution in [0.25, 0.3) is 10.9 Å². The SMILES string of the molecule is CC(=O)OC[C@H]1O[C@@H](SC(=O)c2ccc3nc(C)ccc3c2O)[C@H](OC(C)=O)[C@@H](OC(C)=O)[C@@H]1OC(C)=O. The van der Waals surface area contributed by atoms with Gasteiger partial charge < -0.3 is 28.8 Å². The van der Waals surface area contributed by atoms with Crippen molar-refractivity contribution in [1.29, 1.82) is 0 Å². The van der Waals surface area contributed by atoms with E-state index in [9.17, 15) is 29.1 Å². The van der Waals surface area contributed by atoms with E-state index in [2.05, 4.69) is 4.98 Å². The average molecular weight is 550 g/mol. The fourth-order valence-corrected chi connectivity index (χ4v) is 4.95. The number of phenolic OH excluding ortho intramolecular Hbond substituents is 1. The van der Waals surface area contributed by atoms with Crippen molar-refractivity contribution in [3.05, 3.63) is 35.5 Å². The molecule has 2 aromatic rings. The van der Waals surface area contributed by atoms with Crippen molar-refractivity contribution in [2.45, 2.75) is 64.5 Å². The summed E-state index contributed by atoms with van der Waals surface area (Å²) in [5, 5.41) is 10.5. The Morgan fingerprint density at radius 3 is 2.08 bits per heavy atom. The minimum atomic E-state index is -1.41. The van der Waals surface area contributed by atoms with Gasteiger partial charge in [0, 0.05) is 38.8 Å². The molecule has 1 aliphatic rings. The van der Waals surface area contributed by atoms with Crippen LogP contribution in [0.2, 0.25) is 0 Å². The summed E-state index contributed by atoms with van der Waals surface area (Å²) >= 11 is 0.548. The van der Waals surface area contributed by atoms with E-state index in [4.69, 9.17) is 23.7 Å². The van der Waals surface area contributed by atoms with Gasteiger partial charge in [-0.15, -0.1) is 0 Å². The summed E-state index contributed by atoms with van der Waals surface area (Å²) in [6.45, 7) is 5.83. The van der Waals surface area contributed by atoms with Crippen LogP contribution >= 0.6 is 11.8 Å². The molecule has 0 aliphatic carbocycles. The zero-order valence-electron chi connectivity index (χ0n) is 21.3. The van der Waals surface area contributed by atoms with Crippen molar-refractivity contribution in [2.75, 3.05) is 6.61 Å². The van der Waals surface area contributed by atoms with Gasteiger partial charge in [-0.25, -0.2) is 0 Å². The number of hydrogen-bond acceptors (Lipinski definition) is 13. The highest BCUT2D eigenvalue weighted by Crippen LogP contribution is 2.38. The number of aromatic hydroxyl groups is 1. The van der Waals surface area contributed by atoms with Crippen LogP contribution in [0.4, 0.5) is 0 Å². The predicted octanol–water partition coefficient (Wildman–Crippen LogP) is 2.21. The summed E-state index contributed by atoms with van der Waals surface area (Å²) in [6, 6.07) is 6.28. The number of aryl methyl sites for hydroxylation is 1. The Kier molecular flexibility index (Phi) is 9.28. The Labute approximate surface area is 221 Å². The molecule has 204 valence electrons. The molecule has 0 unspecified atom stereocenters. The van der Waals surface area contributed by atoms with Gasteiger partial charge in [-0.05, 0) is 43.0 Å². The average Bonchev–Trinajstić information content (AvgIpc) is 2.80. The highest BCUT2D eigenvalue weighted by atomic mass is 32.2. The van der Waals surface area contributed by atoms with Crippen LogP contribution in [0.3, 0.4) is 0 Å². The van der Waals surface area contributed by atoms with Crippen LogP contribution in [0.1, 0.15) is 43.7 Å². The van der Waals surface area contributed by atoms with Crippen molar-refractivity contribution < 1.29 is 52.8 Å². The monoisotopic (exact) mass is 549 g/mol. The summed E-state index contributed by atoms with van der Waals surface area (Å²) in [7, 11) is 0. The van der Waals surface area contributed by atoms with E-state index in [0.717, 1.165) is 33.4 Å². The van der Waals surface area contributed by atoms with E-state index in [1.807, 2.05) is 0 Å². The van der Waals surface area contributed by atoms with Crippen molar-refractivity contribution in [3.8, 4) is 5.75 Å². The van der Waals surface area contributed by atoms with Gasteiger partial charge in [-0.3, -0.25) is 29.0 Å². The minimum absolute atomic E-state index is 0.0685. The second kappa shape index (κ2) is 12.2. The van der Waals surface area contributed by atoms with E-state index in [-0.39, 0.29) is 11.3 Å². The van der Waals surface area contributed by atoms with Crippen molar-refractivity contribution >= 4 is 51.7 Å². The maximum Gasteiger partial charge on any atom is 0.303 e. The molecule has 2 heterocycles. The first-order valence-corrected chi connectivity index (χ1v) is 12.4. The smallest absolute Gasteiger partial charge is 0.303 e. The molecule has 13 heteroatoms. The summed E-state index contributed by atoms with van der Waals surface area (Å²) in [6.07, 6.45) is -5.34. The second-order valence-electron chi connectivity index (χ2n) is 8.45. The van der Waals surface area contributed by atoms with Crippen LogP contribution in [0, 0.1) is 6.92 Å². The molecule has 0 bridgehead atoms. The number of rotatable bonds is 7. The van der Waals surface area contributed by atoms with Gasteiger partial charge in [-0.1, -0.05) is 0 Å². The number of fused-ring (bicyclic) bond motifs is 1. The number of esters is 4. The van der Waals surface area contributed by atoms with Gasteiger partial charge in [0.2, 0.25) is 5.12 Å². The molecule has 3 rings (SSSR count). The van der Waals surface area contributed by atoms with Gasteiger partial charge in [0.25, 0.3) is 0 Å². The molecule has 12 nitrogen and oxygen atoms in total. The molecule has 1 aromatic carbocycles.